The van der Waals surface area contributed by atoms with E-state index < -0.39 is 40.7 Å². The Morgan fingerprint density at radius 3 is 2.33 bits per heavy atom. The van der Waals surface area contributed by atoms with Gasteiger partial charge in [-0.2, -0.15) is 23.6 Å². The lowest BCUT2D eigenvalue weighted by Gasteiger charge is -2.12. The summed E-state index contributed by atoms with van der Waals surface area (Å²) in [6.07, 6.45) is -3.80. The summed E-state index contributed by atoms with van der Waals surface area (Å²) in [5, 5.41) is 24.3. The number of alkyl halides is 3. The normalized spacial score (nSPS) is 11.8. The Labute approximate surface area is 163 Å². The summed E-state index contributed by atoms with van der Waals surface area (Å²) in [5.74, 6) is -6.22. The highest BCUT2D eigenvalue weighted by molar-refractivity contribution is 5.74. The van der Waals surface area contributed by atoms with Crippen molar-refractivity contribution in [3.05, 3.63) is 65.4 Å². The minimum Gasteiger partial charge on any atom is -0.448 e. The molecule has 2 N–H and O–H groups in total. The van der Waals surface area contributed by atoms with Crippen LogP contribution in [0.15, 0.2) is 36.5 Å². The third kappa shape index (κ3) is 4.49. The molecule has 13 heteroatoms. The standard InChI is InChI=1S/C17H8F6N6O/c18-11-5-10(25-7-8(6-24)16-26-28-29-27-16)1-2-14(11)30-15-12(19)3-9(4-13(15)20)17(21,22)23/h1-5,7,25H,(H,26,27,28,29). The molecule has 0 aliphatic rings. The third-order valence-electron chi connectivity index (χ3n) is 3.56. The second-order valence-electron chi connectivity index (χ2n) is 5.56. The molecule has 0 amide bonds. The maximum Gasteiger partial charge on any atom is 0.416 e. The van der Waals surface area contributed by atoms with E-state index in [1.54, 1.807) is 6.07 Å². The molecule has 1 heterocycles. The molecule has 0 unspecified atom stereocenters. The molecule has 0 aliphatic carbocycles. The number of nitriles is 1. The minimum atomic E-state index is -4.96. The zero-order valence-electron chi connectivity index (χ0n) is 14.4. The zero-order valence-corrected chi connectivity index (χ0v) is 14.4. The van der Waals surface area contributed by atoms with Crippen molar-refractivity contribution in [1.29, 1.82) is 5.26 Å². The quantitative estimate of drug-likeness (QED) is 0.463. The number of H-pyrrole nitrogens is 1. The van der Waals surface area contributed by atoms with E-state index >= 15 is 0 Å². The fourth-order valence-corrected chi connectivity index (χ4v) is 2.18. The van der Waals surface area contributed by atoms with Crippen molar-refractivity contribution in [3.8, 4) is 17.6 Å². The Bertz CT molecular complexity index is 1110. The van der Waals surface area contributed by atoms with Crippen molar-refractivity contribution >= 4 is 11.3 Å². The van der Waals surface area contributed by atoms with Gasteiger partial charge in [-0.1, -0.05) is 0 Å². The summed E-state index contributed by atoms with van der Waals surface area (Å²) in [7, 11) is 0. The van der Waals surface area contributed by atoms with Crippen LogP contribution in [0, 0.1) is 28.8 Å². The van der Waals surface area contributed by atoms with E-state index in [0.717, 1.165) is 18.3 Å². The summed E-state index contributed by atoms with van der Waals surface area (Å²) >= 11 is 0. The van der Waals surface area contributed by atoms with E-state index in [-0.39, 0.29) is 29.2 Å². The van der Waals surface area contributed by atoms with Crippen LogP contribution < -0.4 is 10.1 Å². The van der Waals surface area contributed by atoms with E-state index in [0.29, 0.717) is 0 Å². The van der Waals surface area contributed by atoms with Crippen LogP contribution >= 0.6 is 0 Å². The number of nitrogens with zero attached hydrogens (tertiary/aromatic N) is 4. The Morgan fingerprint density at radius 2 is 1.80 bits per heavy atom. The number of aromatic amines is 1. The smallest absolute Gasteiger partial charge is 0.416 e. The predicted octanol–water partition coefficient (Wildman–Crippen LogP) is 4.40. The van der Waals surface area contributed by atoms with Crippen LogP contribution in [0.3, 0.4) is 0 Å². The monoisotopic (exact) mass is 426 g/mol. The number of aromatic nitrogens is 4. The van der Waals surface area contributed by atoms with Crippen molar-refractivity contribution in [2.75, 3.05) is 5.32 Å². The molecule has 154 valence electrons. The molecule has 3 aromatic rings. The molecule has 0 saturated carbocycles. The largest absolute Gasteiger partial charge is 0.448 e. The number of hydrogen-bond donors (Lipinski definition) is 2. The molecule has 7 nitrogen and oxygen atoms in total. The van der Waals surface area contributed by atoms with E-state index in [1.165, 1.54) is 6.07 Å². The Hall–Kier alpha value is -4.08. The SMILES string of the molecule is N#CC(=CNc1ccc(Oc2c(F)cc(C(F)(F)F)cc2F)c(F)c1)c1nn[nH]n1. The van der Waals surface area contributed by atoms with E-state index in [9.17, 15) is 26.3 Å². The molecule has 0 aliphatic heterocycles. The number of anilines is 1. The van der Waals surface area contributed by atoms with Gasteiger partial charge in [-0.05, 0) is 29.5 Å². The van der Waals surface area contributed by atoms with Gasteiger partial charge in [0, 0.05) is 18.0 Å². The number of halogens is 6. The van der Waals surface area contributed by atoms with Crippen LogP contribution in [0.1, 0.15) is 11.4 Å². The van der Waals surface area contributed by atoms with Crippen molar-refractivity contribution in [2.24, 2.45) is 0 Å². The van der Waals surface area contributed by atoms with Crippen LogP contribution in [-0.2, 0) is 6.18 Å². The maximum atomic E-state index is 14.2. The van der Waals surface area contributed by atoms with Crippen LogP contribution in [0.25, 0.3) is 5.57 Å². The second kappa shape index (κ2) is 8.11. The number of benzene rings is 2. The molecule has 0 atom stereocenters. The molecule has 0 spiro atoms. The van der Waals surface area contributed by atoms with Crippen LogP contribution in [0.4, 0.5) is 32.0 Å². The number of hydrogen-bond acceptors (Lipinski definition) is 6. The molecule has 0 bridgehead atoms. The summed E-state index contributed by atoms with van der Waals surface area (Å²) in [5.41, 5.74) is -1.46. The first-order valence-corrected chi connectivity index (χ1v) is 7.83. The average Bonchev–Trinajstić information content (AvgIpc) is 3.20. The van der Waals surface area contributed by atoms with Gasteiger partial charge in [0.1, 0.15) is 11.6 Å². The van der Waals surface area contributed by atoms with Crippen molar-refractivity contribution in [3.63, 3.8) is 0 Å². The molecular weight excluding hydrogens is 418 g/mol. The van der Waals surface area contributed by atoms with Gasteiger partial charge < -0.3 is 10.1 Å². The average molecular weight is 426 g/mol. The second-order valence-corrected chi connectivity index (χ2v) is 5.56. The summed E-state index contributed by atoms with van der Waals surface area (Å²) in [6.45, 7) is 0. The number of rotatable bonds is 5. The number of ether oxygens (including phenoxy) is 1. The first-order chi connectivity index (χ1) is 14.2. The zero-order chi connectivity index (χ0) is 21.9. The Balaban J connectivity index is 1.81. The molecule has 1 aromatic heterocycles. The first-order valence-electron chi connectivity index (χ1n) is 7.83. The molecule has 2 aromatic carbocycles. The highest BCUT2D eigenvalue weighted by Gasteiger charge is 2.33. The van der Waals surface area contributed by atoms with Gasteiger partial charge in [-0.25, -0.2) is 13.2 Å². The van der Waals surface area contributed by atoms with Gasteiger partial charge in [0.25, 0.3) is 0 Å². The molecule has 0 saturated heterocycles. The molecule has 0 fully saturated rings. The van der Waals surface area contributed by atoms with Gasteiger partial charge in [-0.3, -0.25) is 0 Å². The van der Waals surface area contributed by atoms with Crippen LogP contribution in [0.2, 0.25) is 0 Å². The summed E-state index contributed by atoms with van der Waals surface area (Å²) < 4.78 is 84.5. The number of nitrogens with one attached hydrogen (secondary N) is 2. The lowest BCUT2D eigenvalue weighted by molar-refractivity contribution is -0.138. The Morgan fingerprint density at radius 1 is 1.10 bits per heavy atom. The highest BCUT2D eigenvalue weighted by Crippen LogP contribution is 2.36. The fraction of sp³-hybridized carbons (Fsp3) is 0.0588. The van der Waals surface area contributed by atoms with Crippen LogP contribution in [-0.4, -0.2) is 20.6 Å². The number of allylic oxidation sites excluding steroid dienone is 1. The summed E-state index contributed by atoms with van der Waals surface area (Å²) in [4.78, 5) is 0. The third-order valence-corrected chi connectivity index (χ3v) is 3.56. The van der Waals surface area contributed by atoms with Gasteiger partial charge in [0.05, 0.1) is 5.56 Å². The lowest BCUT2D eigenvalue weighted by Crippen LogP contribution is -2.07. The fourth-order valence-electron chi connectivity index (χ4n) is 2.18. The van der Waals surface area contributed by atoms with Crippen LogP contribution in [0.5, 0.6) is 11.5 Å². The van der Waals surface area contributed by atoms with Crippen molar-refractivity contribution in [2.45, 2.75) is 6.18 Å². The molecule has 3 rings (SSSR count). The first kappa shape index (κ1) is 20.6. The van der Waals surface area contributed by atoms with Gasteiger partial charge in [0.15, 0.2) is 29.0 Å². The predicted molar refractivity (Wildman–Crippen MR) is 89.2 cm³/mol. The van der Waals surface area contributed by atoms with E-state index in [1.807, 2.05) is 0 Å². The van der Waals surface area contributed by atoms with Gasteiger partial charge >= 0.3 is 6.18 Å². The van der Waals surface area contributed by atoms with E-state index in [2.05, 4.69) is 25.9 Å². The molecule has 0 radical (unpaired) electrons. The minimum absolute atomic E-state index is 0.0151. The summed E-state index contributed by atoms with van der Waals surface area (Å²) in [6, 6.07) is 4.97. The molecular formula is C17H8F6N6O. The Kier molecular flexibility index (Phi) is 5.58. The van der Waals surface area contributed by atoms with Gasteiger partial charge in [-0.15, -0.1) is 10.2 Å². The lowest BCUT2D eigenvalue weighted by atomic mass is 10.2. The van der Waals surface area contributed by atoms with Gasteiger partial charge in [0.2, 0.25) is 5.82 Å². The topological polar surface area (TPSA) is 99.5 Å². The van der Waals surface area contributed by atoms with Crippen molar-refractivity contribution < 1.29 is 31.1 Å². The maximum absolute atomic E-state index is 14.2. The van der Waals surface area contributed by atoms with Crippen molar-refractivity contribution in [1.82, 2.24) is 20.6 Å². The molecule has 30 heavy (non-hydrogen) atoms. The number of tetrazole rings is 1. The van der Waals surface area contributed by atoms with E-state index in [4.69, 9.17) is 10.00 Å². The highest BCUT2D eigenvalue weighted by atomic mass is 19.4.